The molecule has 6 rings (SSSR count). The van der Waals surface area contributed by atoms with Gasteiger partial charge in [0, 0.05) is 61.4 Å². The molecule has 0 atom stereocenters. The van der Waals surface area contributed by atoms with Gasteiger partial charge in [0.15, 0.2) is 0 Å². The highest BCUT2D eigenvalue weighted by Gasteiger charge is 2.24. The Bertz CT molecular complexity index is 2260. The molecule has 5 aromatic carbocycles. The topological polar surface area (TPSA) is 149 Å². The van der Waals surface area contributed by atoms with Crippen LogP contribution in [0.25, 0.3) is 33.1 Å². The summed E-state index contributed by atoms with van der Waals surface area (Å²) in [5, 5.41) is 21.0. The summed E-state index contributed by atoms with van der Waals surface area (Å²) >= 11 is 0.859. The van der Waals surface area contributed by atoms with Crippen LogP contribution in [0, 0.1) is 0 Å². The van der Waals surface area contributed by atoms with Crippen LogP contribution in [-0.2, 0) is 29.4 Å². The minimum Gasteiger partial charge on any atom is -0.355 e. The van der Waals surface area contributed by atoms with Crippen molar-refractivity contribution in [3.05, 3.63) is 109 Å². The third-order valence-electron chi connectivity index (χ3n) is 7.88. The number of hydrogen-bond donors (Lipinski definition) is 3. The van der Waals surface area contributed by atoms with Gasteiger partial charge in [-0.1, -0.05) is 23.2 Å². The second-order valence-corrected chi connectivity index (χ2v) is 16.5. The Morgan fingerprint density at radius 2 is 1.06 bits per heavy atom. The average molecular weight is 734 g/mol. The van der Waals surface area contributed by atoms with E-state index in [1.54, 1.807) is 48.5 Å². The quantitative estimate of drug-likeness (QED) is 0.0370. The van der Waals surface area contributed by atoms with E-state index in [1.807, 2.05) is 60.7 Å². The lowest BCUT2D eigenvalue weighted by Crippen LogP contribution is -2.22. The van der Waals surface area contributed by atoms with E-state index < -0.39 is 20.0 Å². The number of nitrogens with zero attached hydrogens (tertiary/aromatic N) is 2. The molecule has 0 fully saturated rings. The zero-order chi connectivity index (χ0) is 35.6. The molecule has 0 radical (unpaired) electrons. The fourth-order valence-electron chi connectivity index (χ4n) is 5.31. The first-order valence-electron chi connectivity index (χ1n) is 15.1. The summed E-state index contributed by atoms with van der Waals surface area (Å²) < 4.78 is 63.7. The molecule has 0 unspecified atom stereocenters. The molecule has 3 N–H and O–H groups in total. The highest BCUT2D eigenvalue weighted by Crippen LogP contribution is 2.42. The Balaban J connectivity index is 1.42. The van der Waals surface area contributed by atoms with Crippen LogP contribution in [0.1, 0.15) is 0 Å². The van der Waals surface area contributed by atoms with E-state index in [4.69, 9.17) is 14.0 Å². The molecule has 0 aliphatic carbocycles. The lowest BCUT2D eigenvalue weighted by atomic mass is 9.96. The number of fused-ring (bicyclic) bond motifs is 2. The second kappa shape index (κ2) is 14.3. The summed E-state index contributed by atoms with van der Waals surface area (Å²) in [6.07, 6.45) is 0. The SMILES string of the molecule is CN(C)S(=O)(=O)c1ccc(Nc2ccc3c(-c4ccccc4SOOO)c4ccc(Nc5ccc(S(=O)(=O)N(C)C)cc5)cc4[o+]c3c2)cc1. The van der Waals surface area contributed by atoms with E-state index in [0.717, 1.165) is 42.6 Å². The van der Waals surface area contributed by atoms with Crippen LogP contribution in [0.3, 0.4) is 0 Å². The summed E-state index contributed by atoms with van der Waals surface area (Å²) in [6, 6.07) is 31.9. The smallest absolute Gasteiger partial charge is 0.355 e. The van der Waals surface area contributed by atoms with Crippen molar-refractivity contribution in [2.75, 3.05) is 38.8 Å². The molecule has 50 heavy (non-hydrogen) atoms. The van der Waals surface area contributed by atoms with Crippen molar-refractivity contribution in [2.45, 2.75) is 14.7 Å². The number of rotatable bonds is 12. The van der Waals surface area contributed by atoms with Gasteiger partial charge in [-0.2, -0.15) is 0 Å². The molecular formula is C35H33N4O8S3+. The van der Waals surface area contributed by atoms with Crippen molar-refractivity contribution in [1.82, 2.24) is 8.61 Å². The zero-order valence-electron chi connectivity index (χ0n) is 27.3. The maximum Gasteiger partial charge on any atom is 0.363 e. The highest BCUT2D eigenvalue weighted by atomic mass is 32.2. The maximum absolute atomic E-state index is 12.5. The van der Waals surface area contributed by atoms with Crippen molar-refractivity contribution in [3.8, 4) is 11.1 Å². The van der Waals surface area contributed by atoms with Crippen molar-refractivity contribution >= 4 is 76.8 Å². The molecule has 1 aromatic heterocycles. The van der Waals surface area contributed by atoms with Gasteiger partial charge in [0.2, 0.25) is 20.0 Å². The van der Waals surface area contributed by atoms with Crippen LogP contribution in [0.15, 0.2) is 128 Å². The maximum atomic E-state index is 12.5. The van der Waals surface area contributed by atoms with E-state index >= 15 is 0 Å². The Hall–Kier alpha value is -4.58. The van der Waals surface area contributed by atoms with Gasteiger partial charge in [-0.05, 0) is 84.4 Å². The van der Waals surface area contributed by atoms with Crippen LogP contribution >= 0.6 is 12.0 Å². The van der Waals surface area contributed by atoms with Crippen LogP contribution in [-0.4, -0.2) is 58.9 Å². The largest absolute Gasteiger partial charge is 0.363 e. The van der Waals surface area contributed by atoms with Gasteiger partial charge in [-0.15, -0.1) is 4.33 Å². The van der Waals surface area contributed by atoms with Crippen LogP contribution in [0.4, 0.5) is 22.7 Å². The van der Waals surface area contributed by atoms with E-state index in [1.165, 1.54) is 28.2 Å². The molecule has 0 aliphatic heterocycles. The van der Waals surface area contributed by atoms with Crippen molar-refractivity contribution in [2.24, 2.45) is 0 Å². The monoisotopic (exact) mass is 733 g/mol. The number of benzene rings is 5. The fraction of sp³-hybridized carbons (Fsp3) is 0.114. The molecule has 15 heteroatoms. The van der Waals surface area contributed by atoms with Gasteiger partial charge in [0.1, 0.15) is 0 Å². The van der Waals surface area contributed by atoms with E-state index in [0.29, 0.717) is 38.8 Å². The summed E-state index contributed by atoms with van der Waals surface area (Å²) in [6.45, 7) is 0. The van der Waals surface area contributed by atoms with Crippen LogP contribution < -0.4 is 10.6 Å². The minimum atomic E-state index is -3.56. The number of sulfonamides is 2. The molecule has 0 aliphatic rings. The normalized spacial score (nSPS) is 12.2. The van der Waals surface area contributed by atoms with Gasteiger partial charge in [0.05, 0.1) is 44.7 Å². The molecule has 0 bridgehead atoms. The van der Waals surface area contributed by atoms with E-state index in [9.17, 15) is 16.8 Å². The second-order valence-electron chi connectivity index (χ2n) is 11.5. The van der Waals surface area contributed by atoms with Crippen LogP contribution in [0.2, 0.25) is 0 Å². The number of hydrogen-bond acceptors (Lipinski definition) is 10. The average Bonchev–Trinajstić information content (AvgIpc) is 3.10. The summed E-state index contributed by atoms with van der Waals surface area (Å²) in [5.74, 6) is 0. The summed E-state index contributed by atoms with van der Waals surface area (Å²) in [5.41, 5.74) is 5.53. The van der Waals surface area contributed by atoms with Gasteiger partial charge in [-0.25, -0.2) is 35.1 Å². The lowest BCUT2D eigenvalue weighted by molar-refractivity contribution is -0.432. The lowest BCUT2D eigenvalue weighted by Gasteiger charge is -2.13. The predicted molar refractivity (Wildman–Crippen MR) is 195 cm³/mol. The summed E-state index contributed by atoms with van der Waals surface area (Å²) in [4.78, 5) is 1.05. The first-order chi connectivity index (χ1) is 23.9. The molecule has 0 saturated carbocycles. The minimum absolute atomic E-state index is 0.184. The number of anilines is 4. The Morgan fingerprint density at radius 3 is 1.50 bits per heavy atom. The van der Waals surface area contributed by atoms with Crippen molar-refractivity contribution < 1.29 is 35.9 Å². The van der Waals surface area contributed by atoms with Crippen molar-refractivity contribution in [3.63, 3.8) is 0 Å². The Morgan fingerprint density at radius 1 is 0.620 bits per heavy atom. The van der Waals surface area contributed by atoms with Gasteiger partial charge in [0.25, 0.3) is 0 Å². The highest BCUT2D eigenvalue weighted by molar-refractivity contribution is 7.94. The molecular weight excluding hydrogens is 701 g/mol. The molecule has 6 aromatic rings. The molecule has 258 valence electrons. The fourth-order valence-corrected chi connectivity index (χ4v) is 7.61. The van der Waals surface area contributed by atoms with Gasteiger partial charge in [-0.3, -0.25) is 0 Å². The zero-order valence-corrected chi connectivity index (χ0v) is 29.8. The number of nitrogens with one attached hydrogen (secondary N) is 2. The van der Waals surface area contributed by atoms with Gasteiger partial charge < -0.3 is 10.6 Å². The Labute approximate surface area is 294 Å². The van der Waals surface area contributed by atoms with Gasteiger partial charge >= 0.3 is 11.2 Å². The van der Waals surface area contributed by atoms with Crippen molar-refractivity contribution in [1.29, 1.82) is 0 Å². The molecule has 0 amide bonds. The summed E-state index contributed by atoms with van der Waals surface area (Å²) in [7, 11) is -1.19. The predicted octanol–water partition coefficient (Wildman–Crippen LogP) is 7.95. The van der Waals surface area contributed by atoms with E-state index in [2.05, 4.69) is 15.7 Å². The molecule has 1 heterocycles. The first kappa shape index (κ1) is 35.3. The van der Waals surface area contributed by atoms with Crippen LogP contribution in [0.5, 0.6) is 0 Å². The Kier molecular flexibility index (Phi) is 10.1. The third kappa shape index (κ3) is 7.17. The van der Waals surface area contributed by atoms with E-state index in [-0.39, 0.29) is 9.79 Å². The third-order valence-corrected chi connectivity index (χ3v) is 12.2. The molecule has 12 nitrogen and oxygen atoms in total. The molecule has 0 saturated heterocycles. The standard InChI is InChI=1S/C35H32N4O8S3/c1-38(2)49(41,42)27-15-9-23(10-16-27)36-25-13-19-29-32(21-25)45-33-22-26(37-24-11-17-28(18-12-24)50(43,44)39(3)4)14-20-30(33)35(29)31-7-5-6-8-34(31)48-47-46-40/h5-22,36-37H,1-4H3/p+1. The first-order valence-corrected chi connectivity index (χ1v) is 18.7. The molecule has 0 spiro atoms.